The van der Waals surface area contributed by atoms with Gasteiger partial charge in [-0.2, -0.15) is 18.2 Å². The average molecular weight is 867 g/mol. The van der Waals surface area contributed by atoms with E-state index in [0.717, 1.165) is 4.47 Å². The molecular weight excluding hydrogens is 836 g/mol. The summed E-state index contributed by atoms with van der Waals surface area (Å²) in [6.07, 6.45) is -0.413. The van der Waals surface area contributed by atoms with E-state index in [-0.39, 0.29) is 36.7 Å². The average Bonchev–Trinajstić information content (AvgIpc) is 3.54. The minimum absolute atomic E-state index is 0.0661. The van der Waals surface area contributed by atoms with E-state index in [9.17, 15) is 32.7 Å². The van der Waals surface area contributed by atoms with E-state index >= 15 is 4.79 Å². The zero-order chi connectivity index (χ0) is 39.8. The van der Waals surface area contributed by atoms with Crippen molar-refractivity contribution >= 4 is 74.3 Å². The molecule has 1 aromatic heterocycles. The molecule has 0 radical (unpaired) electrons. The van der Waals surface area contributed by atoms with Crippen LogP contribution in [0, 0.1) is 23.7 Å². The Morgan fingerprint density at radius 2 is 1.70 bits per heavy atom. The molecule has 15 heteroatoms. The molecule has 2 aliphatic heterocycles. The van der Waals surface area contributed by atoms with E-state index in [2.05, 4.69) is 32.9 Å². The van der Waals surface area contributed by atoms with E-state index in [1.54, 1.807) is 72.8 Å². The number of phenols is 1. The number of imide groups is 2. The van der Waals surface area contributed by atoms with Gasteiger partial charge in [0.05, 0.1) is 39.4 Å². The lowest BCUT2D eigenvalue weighted by Crippen LogP contribution is -2.53. The molecule has 0 bridgehead atoms. The number of hydrazine groups is 1. The number of para-hydroxylation sites is 1. The van der Waals surface area contributed by atoms with Crippen molar-refractivity contribution in [3.8, 4) is 5.75 Å². The van der Waals surface area contributed by atoms with Crippen LogP contribution in [0.2, 0.25) is 10.0 Å². The molecule has 2 aliphatic carbocycles. The van der Waals surface area contributed by atoms with Crippen LogP contribution in [0.15, 0.2) is 108 Å². The summed E-state index contributed by atoms with van der Waals surface area (Å²) >= 11 is 16.0. The third-order valence-electron chi connectivity index (χ3n) is 11.5. The number of halogens is 6. The van der Waals surface area contributed by atoms with Gasteiger partial charge < -0.3 is 5.11 Å². The van der Waals surface area contributed by atoms with Gasteiger partial charge in [0.25, 0.3) is 11.8 Å². The highest BCUT2D eigenvalue weighted by Gasteiger charge is 2.70. The lowest BCUT2D eigenvalue weighted by Gasteiger charge is -2.50. The number of fused-ring (bicyclic) bond motifs is 4. The Hall–Kier alpha value is -4.98. The van der Waals surface area contributed by atoms with Gasteiger partial charge in [0.15, 0.2) is 5.82 Å². The first-order chi connectivity index (χ1) is 26.7. The predicted molar refractivity (Wildman–Crippen MR) is 206 cm³/mol. The third-order valence-corrected chi connectivity index (χ3v) is 12.5. The first-order valence-electron chi connectivity index (χ1n) is 17.6. The maximum absolute atomic E-state index is 15.4. The Kier molecular flexibility index (Phi) is 9.41. The molecule has 1 saturated carbocycles. The fourth-order valence-corrected chi connectivity index (χ4v) is 9.74. The molecule has 6 atom stereocenters. The van der Waals surface area contributed by atoms with Crippen molar-refractivity contribution in [2.24, 2.45) is 23.7 Å². The lowest BCUT2D eigenvalue weighted by atomic mass is 9.49. The number of aromatic nitrogens is 1. The van der Waals surface area contributed by atoms with Gasteiger partial charge in [0, 0.05) is 27.2 Å². The molecule has 6 unspecified atom stereocenters. The first-order valence-corrected chi connectivity index (χ1v) is 19.1. The molecule has 286 valence electrons. The number of aromatic hydroxyl groups is 1. The summed E-state index contributed by atoms with van der Waals surface area (Å²) in [6, 6.07) is 18.9. The van der Waals surface area contributed by atoms with Crippen LogP contribution in [-0.4, -0.2) is 38.7 Å². The van der Waals surface area contributed by atoms with Gasteiger partial charge in [0.1, 0.15) is 5.75 Å². The Labute approximate surface area is 336 Å². The fourth-order valence-electron chi connectivity index (χ4n) is 9.14. The van der Waals surface area contributed by atoms with E-state index in [0.29, 0.717) is 50.2 Å². The molecule has 4 amide bonds. The number of phenolic OH excluding ortho intramolecular Hbond substituents is 1. The number of nitrogens with zero attached hydrogens (tertiary/aromatic N) is 3. The number of carbonyl (C=O) groups is 4. The number of rotatable bonds is 7. The van der Waals surface area contributed by atoms with Gasteiger partial charge in [-0.3, -0.25) is 29.5 Å². The Balaban J connectivity index is 1.33. The summed E-state index contributed by atoms with van der Waals surface area (Å²) in [5.74, 6) is -7.64. The van der Waals surface area contributed by atoms with Gasteiger partial charge in [-0.1, -0.05) is 87.2 Å². The number of amides is 4. The lowest BCUT2D eigenvalue weighted by molar-refractivity contribution is -0.139. The second kappa shape index (κ2) is 13.9. The number of hydrogen-bond donors (Lipinski definition) is 2. The number of carbonyl (C=O) groups excluding carboxylic acids is 4. The Bertz CT molecular complexity index is 2370. The smallest absolute Gasteiger partial charge is 0.417 e. The Morgan fingerprint density at radius 1 is 0.982 bits per heavy atom. The largest absolute Gasteiger partial charge is 0.507 e. The quantitative estimate of drug-likeness (QED) is 0.141. The molecule has 2 saturated heterocycles. The van der Waals surface area contributed by atoms with Gasteiger partial charge in [-0.25, -0.2) is 4.98 Å². The molecule has 3 fully saturated rings. The van der Waals surface area contributed by atoms with Crippen molar-refractivity contribution in [3.63, 3.8) is 0 Å². The van der Waals surface area contributed by atoms with Crippen LogP contribution >= 0.6 is 39.1 Å². The van der Waals surface area contributed by atoms with E-state index < -0.39 is 69.5 Å². The molecule has 8 rings (SSSR count). The number of anilines is 2. The molecule has 3 aromatic carbocycles. The van der Waals surface area contributed by atoms with Gasteiger partial charge >= 0.3 is 6.18 Å². The van der Waals surface area contributed by atoms with Crippen molar-refractivity contribution in [3.05, 3.63) is 140 Å². The standard InChI is InChI=1S/C41H30BrCl2F3N4O5/c1-2-4-20-5-3-6-28(34(20)52)33-26-15-16-27-32(38(55)50(36(27)53)25-13-9-23(42)10-14-25)29(26)18-30-37(54)51(39(56)40(30,33)21-7-11-24(43)12-8-21)49-35-31(44)17-22(19-48-35)41(45,46)47/h2-3,5-15,17,19,27,29-30,32-33,52H,1,4,16,18H2,(H,48,49). The monoisotopic (exact) mass is 864 g/mol. The molecule has 9 nitrogen and oxygen atoms in total. The summed E-state index contributed by atoms with van der Waals surface area (Å²) in [5, 5.41) is 12.6. The van der Waals surface area contributed by atoms with Crippen LogP contribution in [0.4, 0.5) is 24.7 Å². The highest BCUT2D eigenvalue weighted by atomic mass is 79.9. The normalized spacial score (nSPS) is 25.8. The molecule has 4 aliphatic rings. The summed E-state index contributed by atoms with van der Waals surface area (Å²) in [6.45, 7) is 3.81. The maximum Gasteiger partial charge on any atom is 0.417 e. The van der Waals surface area contributed by atoms with E-state index in [1.165, 1.54) is 4.90 Å². The van der Waals surface area contributed by atoms with Crippen LogP contribution in [0.3, 0.4) is 0 Å². The van der Waals surface area contributed by atoms with Crippen LogP contribution in [0.25, 0.3) is 0 Å². The summed E-state index contributed by atoms with van der Waals surface area (Å²) < 4.78 is 41.3. The minimum Gasteiger partial charge on any atom is -0.507 e. The van der Waals surface area contributed by atoms with Crippen LogP contribution in [0.1, 0.15) is 41.0 Å². The molecular formula is C41H30BrCl2F3N4O5. The number of nitrogens with one attached hydrogen (secondary N) is 1. The van der Waals surface area contributed by atoms with Crippen molar-refractivity contribution in [2.75, 3.05) is 10.3 Å². The fraction of sp³-hybridized carbons (Fsp3) is 0.244. The topological polar surface area (TPSA) is 120 Å². The third kappa shape index (κ3) is 5.77. The van der Waals surface area contributed by atoms with E-state index in [4.69, 9.17) is 23.2 Å². The van der Waals surface area contributed by atoms with Crippen LogP contribution in [-0.2, 0) is 37.2 Å². The second-order valence-electron chi connectivity index (χ2n) is 14.3. The molecule has 2 N–H and O–H groups in total. The SMILES string of the molecule is C=CCc1cccc(C2C3=CCC4C(=O)N(c5ccc(Br)cc5)C(=O)C4C3CC3C(=O)N(Nc4ncc(C(F)(F)F)cc4Cl)C(=O)C32c2ccc(Cl)cc2)c1O. The number of alkyl halides is 3. The molecule has 0 spiro atoms. The van der Waals surface area contributed by atoms with Crippen molar-refractivity contribution in [2.45, 2.75) is 36.8 Å². The predicted octanol–water partition coefficient (Wildman–Crippen LogP) is 8.79. The first kappa shape index (κ1) is 37.9. The molecule has 4 aromatic rings. The summed E-state index contributed by atoms with van der Waals surface area (Å²) in [4.78, 5) is 63.8. The molecule has 3 heterocycles. The number of hydrogen-bond acceptors (Lipinski definition) is 7. The number of benzene rings is 3. The van der Waals surface area contributed by atoms with E-state index in [1.807, 2.05) is 6.08 Å². The zero-order valence-electron chi connectivity index (χ0n) is 29.1. The summed E-state index contributed by atoms with van der Waals surface area (Å²) in [5.41, 5.74) is 1.83. The second-order valence-corrected chi connectivity index (χ2v) is 16.0. The highest BCUT2D eigenvalue weighted by Crippen LogP contribution is 2.65. The highest BCUT2D eigenvalue weighted by molar-refractivity contribution is 9.10. The Morgan fingerprint density at radius 3 is 2.36 bits per heavy atom. The number of allylic oxidation sites excluding steroid dienone is 3. The molecule has 56 heavy (non-hydrogen) atoms. The van der Waals surface area contributed by atoms with Crippen LogP contribution in [0.5, 0.6) is 5.75 Å². The minimum atomic E-state index is -4.76. The van der Waals surface area contributed by atoms with Gasteiger partial charge in [0.2, 0.25) is 11.8 Å². The summed E-state index contributed by atoms with van der Waals surface area (Å²) in [7, 11) is 0. The van der Waals surface area contributed by atoms with Crippen molar-refractivity contribution < 1.29 is 37.5 Å². The maximum atomic E-state index is 15.4. The van der Waals surface area contributed by atoms with Crippen molar-refractivity contribution in [1.82, 2.24) is 9.99 Å². The van der Waals surface area contributed by atoms with Gasteiger partial charge in [-0.05, 0) is 78.8 Å². The van der Waals surface area contributed by atoms with Crippen molar-refractivity contribution in [1.29, 1.82) is 0 Å². The van der Waals surface area contributed by atoms with Crippen LogP contribution < -0.4 is 10.3 Å². The zero-order valence-corrected chi connectivity index (χ0v) is 32.2. The number of pyridine rings is 1. The van der Waals surface area contributed by atoms with Gasteiger partial charge in [-0.15, -0.1) is 6.58 Å².